The van der Waals surface area contributed by atoms with Crippen molar-refractivity contribution in [2.75, 3.05) is 4.90 Å². The van der Waals surface area contributed by atoms with Crippen LogP contribution in [0.25, 0.3) is 0 Å². The van der Waals surface area contributed by atoms with Crippen LogP contribution < -0.4 is 9.48 Å². The first-order chi connectivity index (χ1) is 12.9. The summed E-state index contributed by atoms with van der Waals surface area (Å²) < 4.78 is 2.37. The maximum Gasteiger partial charge on any atom is 0.235 e. The molecule has 1 aliphatic heterocycles. The van der Waals surface area contributed by atoms with Crippen LogP contribution in [0.3, 0.4) is 0 Å². The average molecular weight is 335 g/mol. The van der Waals surface area contributed by atoms with E-state index >= 15 is 0 Å². The molecule has 0 amide bonds. The third-order valence-corrected chi connectivity index (χ3v) is 4.94. The van der Waals surface area contributed by atoms with Crippen LogP contribution in [0.1, 0.15) is 0 Å². The number of hydrogen-bond donors (Lipinski definition) is 0. The second kappa shape index (κ2) is 6.16. The maximum atomic E-state index is 2.42. The van der Waals surface area contributed by atoms with Gasteiger partial charge in [-0.1, -0.05) is 66.8 Å². The molecule has 26 heavy (non-hydrogen) atoms. The predicted octanol–water partition coefficient (Wildman–Crippen LogP) is 5.61. The topological polar surface area (TPSA) is 6.25 Å². The third-order valence-electron chi connectivity index (χ3n) is 4.94. The molecule has 124 valence electrons. The van der Waals surface area contributed by atoms with Gasteiger partial charge >= 0.3 is 0 Å². The second-order valence-electron chi connectivity index (χ2n) is 6.48. The number of allylic oxidation sites excluding steroid dienone is 2. The van der Waals surface area contributed by atoms with Gasteiger partial charge in [-0.3, -0.25) is 0 Å². The van der Waals surface area contributed by atoms with E-state index in [0.717, 1.165) is 0 Å². The van der Waals surface area contributed by atoms with Gasteiger partial charge in [0.25, 0.3) is 0 Å². The van der Waals surface area contributed by atoms with Crippen LogP contribution in [-0.2, 0) is 0 Å². The van der Waals surface area contributed by atoms with Gasteiger partial charge in [0.1, 0.15) is 11.7 Å². The standard InChI is InChI=1S/C24H19N2/c1-3-11-19(12-4-1)25-21-15-7-9-17-23(21)26(20-13-5-2-6-14-20)24-18-10-8-16-22(24)25/h1-18,21H/q+1. The van der Waals surface area contributed by atoms with E-state index in [1.54, 1.807) is 0 Å². The molecule has 2 heteroatoms. The highest BCUT2D eigenvalue weighted by atomic mass is 15.2. The van der Waals surface area contributed by atoms with Crippen LogP contribution in [0.15, 0.2) is 109 Å². The Morgan fingerprint density at radius 2 is 1.38 bits per heavy atom. The van der Waals surface area contributed by atoms with Crippen LogP contribution in [0, 0.1) is 0 Å². The number of hydrogen-bond acceptors (Lipinski definition) is 1. The van der Waals surface area contributed by atoms with Crippen molar-refractivity contribution in [2.45, 2.75) is 6.04 Å². The predicted molar refractivity (Wildman–Crippen MR) is 110 cm³/mol. The van der Waals surface area contributed by atoms with Gasteiger partial charge < -0.3 is 4.90 Å². The highest BCUT2D eigenvalue weighted by Gasteiger charge is 2.39. The van der Waals surface area contributed by atoms with Gasteiger partial charge in [-0.05, 0) is 18.2 Å². The van der Waals surface area contributed by atoms with E-state index in [2.05, 4.69) is 119 Å². The van der Waals surface area contributed by atoms with Crippen molar-refractivity contribution in [3.63, 3.8) is 0 Å². The highest BCUT2D eigenvalue weighted by molar-refractivity contribution is 6.11. The summed E-state index contributed by atoms with van der Waals surface area (Å²) in [6, 6.07) is 30.0. The normalized spacial score (nSPS) is 17.8. The SMILES string of the molecule is C1=CC2=[N+](c3ccccc3)c3ccccc3N(c3ccccc3)C2C=C1. The molecule has 0 fully saturated rings. The van der Waals surface area contributed by atoms with E-state index < -0.39 is 0 Å². The fourth-order valence-electron chi connectivity index (χ4n) is 3.85. The first kappa shape index (κ1) is 14.9. The van der Waals surface area contributed by atoms with Gasteiger partial charge in [-0.25, -0.2) is 0 Å². The molecule has 5 rings (SSSR count). The molecule has 0 saturated heterocycles. The summed E-state index contributed by atoms with van der Waals surface area (Å²) in [7, 11) is 0. The molecule has 3 aromatic carbocycles. The minimum Gasteiger partial charge on any atom is -0.319 e. The lowest BCUT2D eigenvalue weighted by molar-refractivity contribution is 0.897. The summed E-state index contributed by atoms with van der Waals surface area (Å²) >= 11 is 0. The fourth-order valence-corrected chi connectivity index (χ4v) is 3.85. The van der Waals surface area contributed by atoms with E-state index in [1.165, 1.54) is 28.5 Å². The Bertz CT molecular complexity index is 1030. The Morgan fingerprint density at radius 1 is 0.692 bits per heavy atom. The Hall–Kier alpha value is -3.39. The summed E-state index contributed by atoms with van der Waals surface area (Å²) in [5.41, 5.74) is 6.08. The lowest BCUT2D eigenvalue weighted by Crippen LogP contribution is -2.44. The lowest BCUT2D eigenvalue weighted by atomic mass is 9.97. The molecule has 2 nitrogen and oxygen atoms in total. The van der Waals surface area contributed by atoms with Crippen molar-refractivity contribution >= 4 is 28.5 Å². The molecule has 0 radical (unpaired) electrons. The van der Waals surface area contributed by atoms with Crippen molar-refractivity contribution < 1.29 is 0 Å². The number of rotatable bonds is 2. The lowest BCUT2D eigenvalue weighted by Gasteiger charge is -2.35. The molecule has 1 heterocycles. The third kappa shape index (κ3) is 2.31. The number of nitrogens with zero attached hydrogens (tertiary/aromatic N) is 2. The van der Waals surface area contributed by atoms with Gasteiger partial charge in [0.2, 0.25) is 17.1 Å². The zero-order valence-corrected chi connectivity index (χ0v) is 14.4. The van der Waals surface area contributed by atoms with E-state index in [9.17, 15) is 0 Å². The molecule has 0 saturated carbocycles. The Kier molecular flexibility index (Phi) is 3.53. The summed E-state index contributed by atoms with van der Waals surface area (Å²) in [5.74, 6) is 0. The second-order valence-corrected chi connectivity index (χ2v) is 6.48. The molecule has 1 aliphatic carbocycles. The van der Waals surface area contributed by atoms with Gasteiger partial charge in [0, 0.05) is 30.0 Å². The molecule has 1 atom stereocenters. The first-order valence-corrected chi connectivity index (χ1v) is 8.94. The quantitative estimate of drug-likeness (QED) is 0.552. The molecule has 2 aliphatic rings. The largest absolute Gasteiger partial charge is 0.319 e. The first-order valence-electron chi connectivity index (χ1n) is 8.94. The molecule has 0 bridgehead atoms. The molecular formula is C24H19N2+. The monoisotopic (exact) mass is 335 g/mol. The minimum absolute atomic E-state index is 0.164. The van der Waals surface area contributed by atoms with Crippen molar-refractivity contribution in [3.8, 4) is 0 Å². The number of anilines is 2. The summed E-state index contributed by atoms with van der Waals surface area (Å²) in [6.07, 6.45) is 8.76. The fraction of sp³-hybridized carbons (Fsp3) is 0.0417. The zero-order valence-electron chi connectivity index (χ0n) is 14.4. The Balaban J connectivity index is 1.81. The van der Waals surface area contributed by atoms with E-state index in [-0.39, 0.29) is 6.04 Å². The van der Waals surface area contributed by atoms with E-state index in [4.69, 9.17) is 0 Å². The van der Waals surface area contributed by atoms with Crippen LogP contribution in [0.5, 0.6) is 0 Å². The van der Waals surface area contributed by atoms with Crippen molar-refractivity contribution in [1.82, 2.24) is 4.58 Å². The van der Waals surface area contributed by atoms with Gasteiger partial charge in [0.15, 0.2) is 0 Å². The van der Waals surface area contributed by atoms with Crippen LogP contribution in [-0.4, -0.2) is 11.8 Å². The average Bonchev–Trinajstić information content (AvgIpc) is 2.73. The number of fused-ring (bicyclic) bond motifs is 2. The molecule has 0 aromatic heterocycles. The Morgan fingerprint density at radius 3 is 2.19 bits per heavy atom. The summed E-state index contributed by atoms with van der Waals surface area (Å²) in [5, 5.41) is 0. The van der Waals surface area contributed by atoms with Gasteiger partial charge in [0.05, 0.1) is 0 Å². The number of para-hydroxylation sites is 4. The van der Waals surface area contributed by atoms with Crippen LogP contribution in [0.2, 0.25) is 0 Å². The number of benzene rings is 3. The molecule has 3 aromatic rings. The molecule has 0 N–H and O–H groups in total. The Labute approximate surface area is 153 Å². The minimum atomic E-state index is 0.164. The smallest absolute Gasteiger partial charge is 0.235 e. The molecule has 0 spiro atoms. The maximum absolute atomic E-state index is 2.42. The molecular weight excluding hydrogens is 316 g/mol. The van der Waals surface area contributed by atoms with E-state index in [0.29, 0.717) is 0 Å². The summed E-state index contributed by atoms with van der Waals surface area (Å²) in [6.45, 7) is 0. The van der Waals surface area contributed by atoms with Crippen LogP contribution >= 0.6 is 0 Å². The summed E-state index contributed by atoms with van der Waals surface area (Å²) in [4.78, 5) is 2.42. The van der Waals surface area contributed by atoms with E-state index in [1.807, 2.05) is 0 Å². The zero-order chi connectivity index (χ0) is 17.3. The van der Waals surface area contributed by atoms with Crippen molar-refractivity contribution in [3.05, 3.63) is 109 Å². The van der Waals surface area contributed by atoms with Gasteiger partial charge in [-0.15, -0.1) is 0 Å². The van der Waals surface area contributed by atoms with Crippen LogP contribution in [0.4, 0.5) is 22.7 Å². The van der Waals surface area contributed by atoms with Crippen molar-refractivity contribution in [2.24, 2.45) is 0 Å². The van der Waals surface area contributed by atoms with Gasteiger partial charge in [-0.2, -0.15) is 4.58 Å². The highest BCUT2D eigenvalue weighted by Crippen LogP contribution is 2.41. The molecule has 1 unspecified atom stereocenters. The van der Waals surface area contributed by atoms with Crippen molar-refractivity contribution in [1.29, 1.82) is 0 Å².